The summed E-state index contributed by atoms with van der Waals surface area (Å²) in [6.45, 7) is 8.14. The summed E-state index contributed by atoms with van der Waals surface area (Å²) in [5.41, 5.74) is 0.692. The molecule has 0 spiro atoms. The van der Waals surface area contributed by atoms with E-state index >= 15 is 0 Å². The van der Waals surface area contributed by atoms with Crippen LogP contribution in [0.25, 0.3) is 0 Å². The molecule has 1 aromatic rings. The second kappa shape index (κ2) is 13.4. The van der Waals surface area contributed by atoms with Gasteiger partial charge in [0.15, 0.2) is 0 Å². The first-order valence-corrected chi connectivity index (χ1v) is 10.9. The molecule has 29 heavy (non-hydrogen) atoms. The van der Waals surface area contributed by atoms with Gasteiger partial charge in [-0.2, -0.15) is 0 Å². The maximum Gasteiger partial charge on any atom is 0.407 e. The Hall–Kier alpha value is -0.875. The Bertz CT molecular complexity index is 625. The highest BCUT2D eigenvalue weighted by molar-refractivity contribution is 14.1. The summed E-state index contributed by atoms with van der Waals surface area (Å²) in [6.07, 6.45) is -0.0291. The molecule has 7 nitrogen and oxygen atoms in total. The van der Waals surface area contributed by atoms with Crippen molar-refractivity contribution in [2.24, 2.45) is 0 Å². The van der Waals surface area contributed by atoms with E-state index < -0.39 is 23.9 Å². The average molecular weight is 520 g/mol. The predicted molar refractivity (Wildman–Crippen MR) is 121 cm³/mol. The molecule has 2 atom stereocenters. The number of hydrogen-bond donors (Lipinski definition) is 3. The number of nitrogens with one attached hydrogen (secondary N) is 1. The minimum absolute atomic E-state index is 0.000591. The Morgan fingerprint density at radius 2 is 2.07 bits per heavy atom. The fourth-order valence-electron chi connectivity index (χ4n) is 2.33. The third-order valence-corrected chi connectivity index (χ3v) is 4.75. The zero-order chi connectivity index (χ0) is 21.9. The molecule has 1 amide bonds. The number of rotatable bonds is 12. The van der Waals surface area contributed by atoms with Gasteiger partial charge in [0.25, 0.3) is 0 Å². The lowest BCUT2D eigenvalue weighted by molar-refractivity contribution is 0.0216. The first-order chi connectivity index (χ1) is 13.7. The molecule has 0 fully saturated rings. The summed E-state index contributed by atoms with van der Waals surface area (Å²) >= 11 is 2.15. The molecule has 0 saturated heterocycles. The molecule has 2 unspecified atom stereocenters. The number of unbranched alkanes of at least 4 members (excludes halogenated alkanes) is 1. The topological polar surface area (TPSA) is 97.3 Å². The summed E-state index contributed by atoms with van der Waals surface area (Å²) in [5, 5.41) is 22.7. The quantitative estimate of drug-likeness (QED) is 0.223. The van der Waals surface area contributed by atoms with Crippen molar-refractivity contribution < 1.29 is 29.1 Å². The highest BCUT2D eigenvalue weighted by Gasteiger charge is 2.21. The molecule has 1 rings (SSSR count). The number of halogens is 1. The molecule has 1 radical (unpaired) electrons. The molecule has 0 aliphatic rings. The van der Waals surface area contributed by atoms with Gasteiger partial charge in [-0.05, 0) is 66.9 Å². The van der Waals surface area contributed by atoms with E-state index in [0.717, 1.165) is 16.4 Å². The van der Waals surface area contributed by atoms with Gasteiger partial charge in [-0.1, -0.05) is 25.5 Å². The van der Waals surface area contributed by atoms with Crippen molar-refractivity contribution in [3.63, 3.8) is 0 Å². The fraction of sp³-hybridized carbons (Fsp3) is 0.650. The van der Waals surface area contributed by atoms with E-state index in [1.807, 2.05) is 12.1 Å². The molecule has 0 aliphatic carbocycles. The van der Waals surface area contributed by atoms with Gasteiger partial charge in [0, 0.05) is 10.2 Å². The highest BCUT2D eigenvalue weighted by atomic mass is 127. The van der Waals surface area contributed by atoms with Gasteiger partial charge in [-0.3, -0.25) is 0 Å². The fourth-order valence-corrected chi connectivity index (χ4v) is 2.98. The van der Waals surface area contributed by atoms with Crippen LogP contribution in [0, 0.1) is 3.57 Å². The van der Waals surface area contributed by atoms with Crippen molar-refractivity contribution in [3.8, 4) is 0 Å². The summed E-state index contributed by atoms with van der Waals surface area (Å²) in [7, 11) is 1.53. The van der Waals surface area contributed by atoms with Crippen molar-refractivity contribution in [3.05, 3.63) is 27.3 Å². The normalized spacial score (nSPS) is 13.6. The third kappa shape index (κ3) is 10.6. The molecule has 0 bridgehead atoms. The average Bonchev–Trinajstić information content (AvgIpc) is 2.65. The number of hydrogen-bond acceptors (Lipinski definition) is 6. The Balaban J connectivity index is 2.68. The van der Waals surface area contributed by atoms with Crippen LogP contribution in [0.3, 0.4) is 0 Å². The second-order valence-corrected chi connectivity index (χ2v) is 8.79. The van der Waals surface area contributed by atoms with Crippen LogP contribution in [0.5, 0.6) is 0 Å². The summed E-state index contributed by atoms with van der Waals surface area (Å²) in [5.74, 6) is 0. The van der Waals surface area contributed by atoms with Crippen LogP contribution in [0.4, 0.5) is 4.79 Å². The van der Waals surface area contributed by atoms with Crippen molar-refractivity contribution in [1.82, 2.24) is 5.32 Å². The van der Waals surface area contributed by atoms with Gasteiger partial charge in [0.05, 0.1) is 32.0 Å². The van der Waals surface area contributed by atoms with Crippen LogP contribution >= 0.6 is 22.6 Å². The van der Waals surface area contributed by atoms with E-state index in [-0.39, 0.29) is 19.8 Å². The first kappa shape index (κ1) is 26.2. The van der Waals surface area contributed by atoms with Crippen molar-refractivity contribution >= 4 is 41.6 Å². The molecule has 0 saturated carbocycles. The number of alkyl carbamates (subject to hydrolysis) is 1. The number of carbonyl (C=O) groups is 1. The summed E-state index contributed by atoms with van der Waals surface area (Å²) < 4.78 is 17.3. The van der Waals surface area contributed by atoms with Gasteiger partial charge < -0.3 is 29.7 Å². The number of ether oxygens (including phenoxy) is 2. The minimum Gasteiger partial charge on any atom is -0.444 e. The van der Waals surface area contributed by atoms with Gasteiger partial charge in [-0.15, -0.1) is 0 Å². The van der Waals surface area contributed by atoms with E-state index in [9.17, 15) is 15.0 Å². The van der Waals surface area contributed by atoms with Crippen molar-refractivity contribution in [2.75, 3.05) is 26.4 Å². The van der Waals surface area contributed by atoms with E-state index in [1.165, 1.54) is 7.48 Å². The standard InChI is InChI=1S/C20H32BINO6/c1-5-6-10-27-13-14(12-24)29-21-18-15(8-7-9-16(18)22)17(25)11-23-19(26)28-20(2,3)4/h7-9,14,17,24-25H,5-6,10-13H2,1-4H3,(H,23,26). The number of aliphatic hydroxyl groups excluding tert-OH is 2. The molecule has 1 aromatic carbocycles. The predicted octanol–water partition coefficient (Wildman–Crippen LogP) is 2.29. The van der Waals surface area contributed by atoms with Crippen LogP contribution in [-0.4, -0.2) is 61.9 Å². The minimum atomic E-state index is -0.944. The number of aliphatic hydroxyl groups is 2. The SMILES string of the molecule is CCCCOCC(CO)O[B]c1c(I)cccc1C(O)CNC(=O)OC(C)(C)C. The maximum absolute atomic E-state index is 11.8. The van der Waals surface area contributed by atoms with Crippen molar-refractivity contribution in [2.45, 2.75) is 58.3 Å². The van der Waals surface area contributed by atoms with Crippen LogP contribution in [-0.2, 0) is 14.1 Å². The monoisotopic (exact) mass is 520 g/mol. The Morgan fingerprint density at radius 1 is 1.34 bits per heavy atom. The molecule has 0 heterocycles. The van der Waals surface area contributed by atoms with Crippen molar-refractivity contribution in [1.29, 1.82) is 0 Å². The molecular formula is C20H32BINO6. The third-order valence-electron chi connectivity index (χ3n) is 3.81. The van der Waals surface area contributed by atoms with Crippen LogP contribution in [0.15, 0.2) is 18.2 Å². The van der Waals surface area contributed by atoms with Crippen LogP contribution < -0.4 is 10.8 Å². The van der Waals surface area contributed by atoms with E-state index in [2.05, 4.69) is 34.8 Å². The number of amides is 1. The molecule has 163 valence electrons. The maximum atomic E-state index is 11.8. The molecule has 0 aromatic heterocycles. The van der Waals surface area contributed by atoms with Crippen LogP contribution in [0.2, 0.25) is 0 Å². The Morgan fingerprint density at radius 3 is 2.69 bits per heavy atom. The number of carbonyl (C=O) groups excluding carboxylic acids is 1. The molecule has 0 aliphatic heterocycles. The van der Waals surface area contributed by atoms with Gasteiger partial charge in [-0.25, -0.2) is 4.79 Å². The summed E-state index contributed by atoms with van der Waals surface area (Å²) in [6, 6.07) is 5.48. The zero-order valence-electron chi connectivity index (χ0n) is 17.6. The second-order valence-electron chi connectivity index (χ2n) is 7.63. The number of benzene rings is 1. The van der Waals surface area contributed by atoms with E-state index in [4.69, 9.17) is 14.1 Å². The lowest BCUT2D eigenvalue weighted by Crippen LogP contribution is -2.37. The van der Waals surface area contributed by atoms with E-state index in [0.29, 0.717) is 17.6 Å². The Kier molecular flexibility index (Phi) is 12.1. The summed E-state index contributed by atoms with van der Waals surface area (Å²) in [4.78, 5) is 11.8. The Labute approximate surface area is 187 Å². The van der Waals surface area contributed by atoms with Gasteiger partial charge in [0.1, 0.15) is 5.60 Å². The zero-order valence-corrected chi connectivity index (χ0v) is 19.8. The lowest BCUT2D eigenvalue weighted by Gasteiger charge is -2.22. The molecule has 3 N–H and O–H groups in total. The smallest absolute Gasteiger partial charge is 0.407 e. The first-order valence-electron chi connectivity index (χ1n) is 9.78. The molecule has 9 heteroatoms. The highest BCUT2D eigenvalue weighted by Crippen LogP contribution is 2.14. The largest absolute Gasteiger partial charge is 0.444 e. The van der Waals surface area contributed by atoms with Crippen LogP contribution in [0.1, 0.15) is 52.2 Å². The van der Waals surface area contributed by atoms with E-state index in [1.54, 1.807) is 26.8 Å². The molecular weight excluding hydrogens is 488 g/mol. The lowest BCUT2D eigenvalue weighted by atomic mass is 9.81. The van der Waals surface area contributed by atoms with Gasteiger partial charge in [0.2, 0.25) is 0 Å². The van der Waals surface area contributed by atoms with Gasteiger partial charge >= 0.3 is 13.6 Å².